The van der Waals surface area contributed by atoms with E-state index in [4.69, 9.17) is 11.6 Å². The van der Waals surface area contributed by atoms with Crippen LogP contribution in [0.2, 0.25) is 5.02 Å². The summed E-state index contributed by atoms with van der Waals surface area (Å²) < 4.78 is 13.9. The Bertz CT molecular complexity index is 609. The van der Waals surface area contributed by atoms with Gasteiger partial charge in [-0.3, -0.25) is 9.59 Å². The molecule has 1 fully saturated rings. The number of carbonyl (C=O) groups is 2. The second kappa shape index (κ2) is 8.47. The molecule has 6 heteroatoms. The molecule has 4 nitrogen and oxygen atoms in total. The standard InChI is InChI=1S/C18H24ClFN2O2/c1-3-5-12(2)21-17(23)13-6-4-9-22(11-13)18(24)15-10-14(19)7-8-16(15)20/h7-8,10,12-13H,3-6,9,11H2,1-2H3,(H,21,23). The molecule has 2 unspecified atom stereocenters. The highest BCUT2D eigenvalue weighted by Crippen LogP contribution is 2.22. The van der Waals surface area contributed by atoms with Crippen molar-refractivity contribution in [1.29, 1.82) is 0 Å². The molecule has 1 N–H and O–H groups in total. The van der Waals surface area contributed by atoms with E-state index >= 15 is 0 Å². The molecule has 1 aromatic rings. The van der Waals surface area contributed by atoms with Crippen molar-refractivity contribution in [3.63, 3.8) is 0 Å². The van der Waals surface area contributed by atoms with Crippen molar-refractivity contribution in [3.8, 4) is 0 Å². The number of benzene rings is 1. The highest BCUT2D eigenvalue weighted by atomic mass is 35.5. The Balaban J connectivity index is 2.03. The number of halogens is 2. The zero-order valence-electron chi connectivity index (χ0n) is 14.1. The van der Waals surface area contributed by atoms with E-state index in [0.29, 0.717) is 18.1 Å². The van der Waals surface area contributed by atoms with Crippen LogP contribution in [0.25, 0.3) is 0 Å². The van der Waals surface area contributed by atoms with Crippen LogP contribution in [0.5, 0.6) is 0 Å². The van der Waals surface area contributed by atoms with Crippen molar-refractivity contribution in [3.05, 3.63) is 34.6 Å². The first-order valence-electron chi connectivity index (χ1n) is 8.47. The molecule has 1 saturated heterocycles. The molecule has 0 radical (unpaired) electrons. The topological polar surface area (TPSA) is 49.4 Å². The summed E-state index contributed by atoms with van der Waals surface area (Å²) in [5.74, 6) is -1.27. The number of rotatable bonds is 5. The number of piperidine rings is 1. The third-order valence-electron chi connectivity index (χ3n) is 4.35. The van der Waals surface area contributed by atoms with Crippen molar-refractivity contribution >= 4 is 23.4 Å². The number of nitrogens with one attached hydrogen (secondary N) is 1. The lowest BCUT2D eigenvalue weighted by Crippen LogP contribution is -2.47. The number of amides is 2. The van der Waals surface area contributed by atoms with E-state index in [9.17, 15) is 14.0 Å². The van der Waals surface area contributed by atoms with Crippen molar-refractivity contribution in [1.82, 2.24) is 10.2 Å². The minimum absolute atomic E-state index is 0.0278. The predicted octanol–water partition coefficient (Wildman–Crippen LogP) is 3.64. The lowest BCUT2D eigenvalue weighted by Gasteiger charge is -2.32. The van der Waals surface area contributed by atoms with Crippen molar-refractivity contribution in [2.24, 2.45) is 5.92 Å². The Morgan fingerprint density at radius 1 is 1.46 bits per heavy atom. The smallest absolute Gasteiger partial charge is 0.256 e. The van der Waals surface area contributed by atoms with E-state index in [1.54, 1.807) is 4.90 Å². The normalized spacial score (nSPS) is 19.0. The minimum atomic E-state index is -0.590. The molecule has 1 aliphatic rings. The zero-order chi connectivity index (χ0) is 17.7. The van der Waals surface area contributed by atoms with Crippen LogP contribution >= 0.6 is 11.6 Å². The van der Waals surface area contributed by atoms with Crippen LogP contribution in [0.3, 0.4) is 0 Å². The molecule has 2 rings (SSSR count). The number of likely N-dealkylation sites (tertiary alicyclic amines) is 1. The van der Waals surface area contributed by atoms with Crippen LogP contribution in [0.15, 0.2) is 18.2 Å². The summed E-state index contributed by atoms with van der Waals surface area (Å²) in [6.45, 7) is 4.90. The lowest BCUT2D eigenvalue weighted by atomic mass is 9.96. The van der Waals surface area contributed by atoms with Gasteiger partial charge in [-0.15, -0.1) is 0 Å². The van der Waals surface area contributed by atoms with Crippen LogP contribution in [-0.2, 0) is 4.79 Å². The van der Waals surface area contributed by atoms with E-state index in [1.807, 2.05) is 6.92 Å². The molecule has 132 valence electrons. The van der Waals surface area contributed by atoms with Crippen molar-refractivity contribution in [2.45, 2.75) is 45.6 Å². The van der Waals surface area contributed by atoms with Gasteiger partial charge in [0.1, 0.15) is 5.82 Å². The maximum Gasteiger partial charge on any atom is 0.256 e. The number of carbonyl (C=O) groups excluding carboxylic acids is 2. The Kier molecular flexibility index (Phi) is 6.60. The van der Waals surface area contributed by atoms with Crippen LogP contribution in [0.4, 0.5) is 4.39 Å². The van der Waals surface area contributed by atoms with Gasteiger partial charge in [0.15, 0.2) is 0 Å². The zero-order valence-corrected chi connectivity index (χ0v) is 14.9. The van der Waals surface area contributed by atoms with Gasteiger partial charge in [-0.2, -0.15) is 0 Å². The molecule has 0 spiro atoms. The third-order valence-corrected chi connectivity index (χ3v) is 4.58. The third kappa shape index (κ3) is 4.69. The summed E-state index contributed by atoms with van der Waals surface area (Å²) in [5.41, 5.74) is -0.0390. The molecule has 2 amide bonds. The van der Waals surface area contributed by atoms with E-state index < -0.39 is 11.7 Å². The Morgan fingerprint density at radius 3 is 2.92 bits per heavy atom. The van der Waals surface area contributed by atoms with Gasteiger partial charge >= 0.3 is 0 Å². The average Bonchev–Trinajstić information content (AvgIpc) is 2.56. The fourth-order valence-electron chi connectivity index (χ4n) is 3.07. The number of hydrogen-bond donors (Lipinski definition) is 1. The van der Waals surface area contributed by atoms with Crippen molar-refractivity contribution < 1.29 is 14.0 Å². The summed E-state index contributed by atoms with van der Waals surface area (Å²) in [6.07, 6.45) is 3.40. The van der Waals surface area contributed by atoms with Gasteiger partial charge < -0.3 is 10.2 Å². The summed E-state index contributed by atoms with van der Waals surface area (Å²) in [6, 6.07) is 4.07. The van der Waals surface area contributed by atoms with Gasteiger partial charge in [0.2, 0.25) is 5.91 Å². The molecule has 1 aromatic carbocycles. The second-order valence-corrected chi connectivity index (χ2v) is 6.85. The summed E-state index contributed by atoms with van der Waals surface area (Å²) in [7, 11) is 0. The van der Waals surface area contributed by atoms with E-state index in [2.05, 4.69) is 12.2 Å². The molecule has 0 bridgehead atoms. The summed E-state index contributed by atoms with van der Waals surface area (Å²) in [4.78, 5) is 26.5. The quantitative estimate of drug-likeness (QED) is 0.877. The van der Waals surface area contributed by atoms with Gasteiger partial charge in [0.25, 0.3) is 5.91 Å². The Labute approximate surface area is 147 Å². The van der Waals surface area contributed by atoms with E-state index in [-0.39, 0.29) is 23.4 Å². The molecule has 0 saturated carbocycles. The van der Waals surface area contributed by atoms with Gasteiger partial charge in [-0.25, -0.2) is 4.39 Å². The van der Waals surface area contributed by atoms with Crippen LogP contribution < -0.4 is 5.32 Å². The van der Waals surface area contributed by atoms with Gasteiger partial charge in [0, 0.05) is 24.2 Å². The maximum absolute atomic E-state index is 13.9. The van der Waals surface area contributed by atoms with Gasteiger partial charge in [-0.05, 0) is 44.4 Å². The first-order valence-corrected chi connectivity index (χ1v) is 8.84. The second-order valence-electron chi connectivity index (χ2n) is 6.41. The predicted molar refractivity (Wildman–Crippen MR) is 92.6 cm³/mol. The maximum atomic E-state index is 13.9. The summed E-state index contributed by atoms with van der Waals surface area (Å²) in [5, 5.41) is 3.32. The molecule has 1 aliphatic heterocycles. The highest BCUT2D eigenvalue weighted by Gasteiger charge is 2.30. The fraction of sp³-hybridized carbons (Fsp3) is 0.556. The number of nitrogens with zero attached hydrogens (tertiary/aromatic N) is 1. The number of hydrogen-bond acceptors (Lipinski definition) is 2. The molecule has 1 heterocycles. The first kappa shape index (κ1) is 18.7. The Hall–Kier alpha value is -1.62. The average molecular weight is 355 g/mol. The fourth-order valence-corrected chi connectivity index (χ4v) is 3.25. The van der Waals surface area contributed by atoms with E-state index in [0.717, 1.165) is 25.7 Å². The minimum Gasteiger partial charge on any atom is -0.353 e. The highest BCUT2D eigenvalue weighted by molar-refractivity contribution is 6.31. The van der Waals surface area contributed by atoms with Crippen LogP contribution in [0, 0.1) is 11.7 Å². The molecular weight excluding hydrogens is 331 g/mol. The first-order chi connectivity index (χ1) is 11.4. The SMILES string of the molecule is CCCC(C)NC(=O)C1CCCN(C(=O)c2cc(Cl)ccc2F)C1. The molecule has 24 heavy (non-hydrogen) atoms. The molecule has 0 aromatic heterocycles. The van der Waals surface area contributed by atoms with E-state index in [1.165, 1.54) is 18.2 Å². The van der Waals surface area contributed by atoms with Crippen LogP contribution in [0.1, 0.15) is 49.9 Å². The van der Waals surface area contributed by atoms with Gasteiger partial charge in [0.05, 0.1) is 11.5 Å². The molecule has 0 aliphatic carbocycles. The molecular formula is C18H24ClFN2O2. The van der Waals surface area contributed by atoms with Crippen molar-refractivity contribution in [2.75, 3.05) is 13.1 Å². The monoisotopic (exact) mass is 354 g/mol. The lowest BCUT2D eigenvalue weighted by molar-refractivity contribution is -0.127. The largest absolute Gasteiger partial charge is 0.353 e. The molecule has 2 atom stereocenters. The van der Waals surface area contributed by atoms with Crippen LogP contribution in [-0.4, -0.2) is 35.8 Å². The van der Waals surface area contributed by atoms with Gasteiger partial charge in [-0.1, -0.05) is 24.9 Å². The summed E-state index contributed by atoms with van der Waals surface area (Å²) >= 11 is 5.86. The Morgan fingerprint density at radius 2 is 2.21 bits per heavy atom.